The monoisotopic (exact) mass is 397 g/mol. The largest absolute Gasteiger partial charge is 0.507 e. The zero-order chi connectivity index (χ0) is 19.3. The van der Waals surface area contributed by atoms with Gasteiger partial charge in [-0.3, -0.25) is 14.9 Å². The maximum absolute atomic E-state index is 12.0. The summed E-state index contributed by atoms with van der Waals surface area (Å²) in [6.45, 7) is 1.49. The molecule has 1 amide bonds. The average Bonchev–Trinajstić information content (AvgIpc) is 2.58. The van der Waals surface area contributed by atoms with Crippen molar-refractivity contribution in [2.75, 3.05) is 0 Å². The number of nitrogens with one attached hydrogen (secondary N) is 1. The van der Waals surface area contributed by atoms with E-state index in [4.69, 9.17) is 27.9 Å². The summed E-state index contributed by atoms with van der Waals surface area (Å²) in [5.74, 6) is -0.526. The smallest absolute Gasteiger partial charge is 0.280 e. The van der Waals surface area contributed by atoms with Crippen molar-refractivity contribution in [3.05, 3.63) is 62.1 Å². The van der Waals surface area contributed by atoms with Gasteiger partial charge in [-0.1, -0.05) is 23.2 Å². The molecular weight excluding hydrogens is 385 g/mol. The van der Waals surface area contributed by atoms with Gasteiger partial charge >= 0.3 is 0 Å². The fraction of sp³-hybridized carbons (Fsp3) is 0.125. The van der Waals surface area contributed by atoms with Crippen molar-refractivity contribution in [3.8, 4) is 11.5 Å². The van der Waals surface area contributed by atoms with E-state index >= 15 is 0 Å². The molecule has 10 heteroatoms. The van der Waals surface area contributed by atoms with Crippen LogP contribution in [0.4, 0.5) is 5.69 Å². The van der Waals surface area contributed by atoms with Crippen molar-refractivity contribution < 1.29 is 19.6 Å². The Bertz CT molecular complexity index is 873. The van der Waals surface area contributed by atoms with E-state index in [1.165, 1.54) is 19.1 Å². The number of hydrogen-bond acceptors (Lipinski definition) is 6. The number of amides is 1. The van der Waals surface area contributed by atoms with Gasteiger partial charge in [0.05, 0.1) is 16.2 Å². The van der Waals surface area contributed by atoms with Crippen LogP contribution in [0.1, 0.15) is 12.5 Å². The lowest BCUT2D eigenvalue weighted by molar-refractivity contribution is -0.384. The lowest BCUT2D eigenvalue weighted by atomic mass is 10.2. The number of rotatable bonds is 6. The molecule has 0 radical (unpaired) electrons. The third-order valence-electron chi connectivity index (χ3n) is 3.17. The van der Waals surface area contributed by atoms with Crippen LogP contribution in [0.5, 0.6) is 11.5 Å². The van der Waals surface area contributed by atoms with E-state index in [1.54, 1.807) is 6.07 Å². The molecular formula is C16H13Cl2N3O5. The summed E-state index contributed by atoms with van der Waals surface area (Å²) in [5.41, 5.74) is 2.07. The van der Waals surface area contributed by atoms with E-state index in [0.29, 0.717) is 5.02 Å². The molecule has 0 aliphatic carbocycles. The van der Waals surface area contributed by atoms with E-state index in [1.807, 2.05) is 0 Å². The minimum atomic E-state index is -0.926. The van der Waals surface area contributed by atoms with Crippen molar-refractivity contribution >= 4 is 41.0 Å². The van der Waals surface area contributed by atoms with Crippen LogP contribution >= 0.6 is 23.2 Å². The summed E-state index contributed by atoms with van der Waals surface area (Å²) in [6, 6.07) is 8.01. The number of phenols is 1. The summed E-state index contributed by atoms with van der Waals surface area (Å²) in [5, 5.41) is 24.7. The highest BCUT2D eigenvalue weighted by Crippen LogP contribution is 2.28. The standard InChI is InChI=1S/C16H13Cl2N3O5/c1-9(26-15-5-2-11(17)7-13(15)18)16(23)20-19-8-10-6-12(21(24)25)3-4-14(10)22/h2-9,22H,1H3,(H,20,23)/b19-8+. The van der Waals surface area contributed by atoms with E-state index in [0.717, 1.165) is 24.4 Å². The number of aromatic hydroxyl groups is 1. The third-order valence-corrected chi connectivity index (χ3v) is 3.70. The Morgan fingerprint density at radius 2 is 2.08 bits per heavy atom. The van der Waals surface area contributed by atoms with Crippen molar-refractivity contribution in [2.24, 2.45) is 5.10 Å². The highest BCUT2D eigenvalue weighted by Gasteiger charge is 2.16. The van der Waals surface area contributed by atoms with Crippen LogP contribution in [0.15, 0.2) is 41.5 Å². The number of nitrogens with zero attached hydrogens (tertiary/aromatic N) is 2. The van der Waals surface area contributed by atoms with Gasteiger partial charge < -0.3 is 9.84 Å². The molecule has 136 valence electrons. The van der Waals surface area contributed by atoms with Crippen LogP contribution in [-0.4, -0.2) is 28.3 Å². The minimum Gasteiger partial charge on any atom is -0.507 e. The molecule has 2 rings (SSSR count). The first-order chi connectivity index (χ1) is 12.3. The van der Waals surface area contributed by atoms with Crippen molar-refractivity contribution in [1.29, 1.82) is 0 Å². The topological polar surface area (TPSA) is 114 Å². The number of carbonyl (C=O) groups excluding carboxylic acids is 1. The van der Waals surface area contributed by atoms with Gasteiger partial charge in [0.15, 0.2) is 6.10 Å². The Kier molecular flexibility index (Phi) is 6.37. The summed E-state index contributed by atoms with van der Waals surface area (Å²) < 4.78 is 5.42. The van der Waals surface area contributed by atoms with E-state index in [9.17, 15) is 20.0 Å². The molecule has 0 aliphatic heterocycles. The number of carbonyl (C=O) groups is 1. The van der Waals surface area contributed by atoms with Gasteiger partial charge in [0.2, 0.25) is 0 Å². The summed E-state index contributed by atoms with van der Waals surface area (Å²) >= 11 is 11.8. The van der Waals surface area contributed by atoms with Gasteiger partial charge in [-0.25, -0.2) is 5.43 Å². The van der Waals surface area contributed by atoms with E-state index in [2.05, 4.69) is 10.5 Å². The Morgan fingerprint density at radius 3 is 2.73 bits per heavy atom. The first kappa shape index (κ1) is 19.5. The zero-order valence-electron chi connectivity index (χ0n) is 13.3. The van der Waals surface area contributed by atoms with Gasteiger partial charge in [0, 0.05) is 22.7 Å². The summed E-state index contributed by atoms with van der Waals surface area (Å²) in [4.78, 5) is 22.1. The molecule has 26 heavy (non-hydrogen) atoms. The summed E-state index contributed by atoms with van der Waals surface area (Å²) in [7, 11) is 0. The second kappa shape index (κ2) is 8.50. The van der Waals surface area contributed by atoms with Gasteiger partial charge in [0.25, 0.3) is 11.6 Å². The number of ether oxygens (including phenoxy) is 1. The molecule has 0 fully saturated rings. The molecule has 2 aromatic carbocycles. The quantitative estimate of drug-likeness (QED) is 0.439. The van der Waals surface area contributed by atoms with Crippen LogP contribution in [0, 0.1) is 10.1 Å². The van der Waals surface area contributed by atoms with Gasteiger partial charge in [-0.15, -0.1) is 0 Å². The number of phenolic OH excluding ortho intramolecular Hbond substituents is 1. The number of halogens is 2. The van der Waals surface area contributed by atoms with E-state index < -0.39 is 16.9 Å². The maximum atomic E-state index is 12.0. The number of hydrazone groups is 1. The number of hydrogen-bond donors (Lipinski definition) is 2. The molecule has 0 heterocycles. The Balaban J connectivity index is 2.00. The first-order valence-corrected chi connectivity index (χ1v) is 7.95. The molecule has 1 unspecified atom stereocenters. The van der Waals surface area contributed by atoms with Crippen molar-refractivity contribution in [3.63, 3.8) is 0 Å². The lowest BCUT2D eigenvalue weighted by Crippen LogP contribution is -2.33. The van der Waals surface area contributed by atoms with Crippen molar-refractivity contribution in [2.45, 2.75) is 13.0 Å². The van der Waals surface area contributed by atoms with Crippen LogP contribution in [-0.2, 0) is 4.79 Å². The second-order valence-corrected chi connectivity index (χ2v) is 5.91. The number of non-ortho nitro benzene ring substituents is 1. The fourth-order valence-corrected chi connectivity index (χ4v) is 2.28. The molecule has 0 bridgehead atoms. The third kappa shape index (κ3) is 5.08. The molecule has 0 saturated heterocycles. The van der Waals surface area contributed by atoms with Crippen LogP contribution in [0.25, 0.3) is 0 Å². The molecule has 8 nitrogen and oxygen atoms in total. The van der Waals surface area contributed by atoms with Crippen LogP contribution < -0.4 is 10.2 Å². The summed E-state index contributed by atoms with van der Waals surface area (Å²) in [6.07, 6.45) is 0.159. The second-order valence-electron chi connectivity index (χ2n) is 5.07. The SMILES string of the molecule is CC(Oc1ccc(Cl)cc1Cl)C(=O)N/N=C/c1cc([N+](=O)[O-])ccc1O. The molecule has 1 atom stereocenters. The predicted octanol–water partition coefficient (Wildman–Crippen LogP) is 3.52. The molecule has 0 aromatic heterocycles. The Hall–Kier alpha value is -2.84. The van der Waals surface area contributed by atoms with Crippen LogP contribution in [0.3, 0.4) is 0 Å². The maximum Gasteiger partial charge on any atom is 0.280 e. The van der Waals surface area contributed by atoms with Gasteiger partial charge in [-0.2, -0.15) is 5.10 Å². The van der Waals surface area contributed by atoms with Gasteiger partial charge in [0.1, 0.15) is 11.5 Å². The molecule has 0 aliphatic rings. The first-order valence-electron chi connectivity index (χ1n) is 7.20. The minimum absolute atomic E-state index is 0.0776. The highest BCUT2D eigenvalue weighted by atomic mass is 35.5. The molecule has 2 aromatic rings. The number of benzene rings is 2. The average molecular weight is 398 g/mol. The van der Waals surface area contributed by atoms with Gasteiger partial charge in [-0.05, 0) is 31.2 Å². The fourth-order valence-electron chi connectivity index (χ4n) is 1.83. The Morgan fingerprint density at radius 1 is 1.35 bits per heavy atom. The number of nitro groups is 1. The van der Waals surface area contributed by atoms with E-state index in [-0.39, 0.29) is 27.8 Å². The normalized spacial score (nSPS) is 12.0. The van der Waals surface area contributed by atoms with Crippen molar-refractivity contribution in [1.82, 2.24) is 5.43 Å². The molecule has 0 spiro atoms. The Labute approximate surface area is 158 Å². The highest BCUT2D eigenvalue weighted by molar-refractivity contribution is 6.35. The lowest BCUT2D eigenvalue weighted by Gasteiger charge is -2.14. The van der Waals surface area contributed by atoms with Crippen LogP contribution in [0.2, 0.25) is 10.0 Å². The predicted molar refractivity (Wildman–Crippen MR) is 97.0 cm³/mol. The molecule has 2 N–H and O–H groups in total. The molecule has 0 saturated carbocycles. The zero-order valence-corrected chi connectivity index (χ0v) is 14.9. The number of nitro benzene ring substituents is 1.